The molecule has 2 rings (SSSR count). The van der Waals surface area contributed by atoms with E-state index in [9.17, 15) is 9.00 Å². The zero-order valence-corrected chi connectivity index (χ0v) is 9.78. The van der Waals surface area contributed by atoms with Crippen LogP contribution in [0.3, 0.4) is 0 Å². The van der Waals surface area contributed by atoms with Gasteiger partial charge in [0.1, 0.15) is 21.8 Å². The highest BCUT2D eigenvalue weighted by atomic mass is 32.2. The van der Waals surface area contributed by atoms with Crippen molar-refractivity contribution in [1.82, 2.24) is 9.29 Å². The largest absolute Gasteiger partial charge is 0.298 e. The molecule has 1 aliphatic heterocycles. The summed E-state index contributed by atoms with van der Waals surface area (Å²) in [5.74, 6) is 0.168. The van der Waals surface area contributed by atoms with Gasteiger partial charge in [0, 0.05) is 19.2 Å². The van der Waals surface area contributed by atoms with Gasteiger partial charge in [-0.3, -0.25) is 4.79 Å². The molecule has 1 atom stereocenters. The van der Waals surface area contributed by atoms with E-state index in [0.29, 0.717) is 18.0 Å². The Bertz CT molecular complexity index is 394. The van der Waals surface area contributed by atoms with E-state index in [-0.39, 0.29) is 12.3 Å². The third-order valence-corrected chi connectivity index (χ3v) is 3.90. The van der Waals surface area contributed by atoms with E-state index < -0.39 is 11.0 Å². The van der Waals surface area contributed by atoms with E-state index in [1.165, 1.54) is 0 Å². The van der Waals surface area contributed by atoms with E-state index in [0.717, 1.165) is 12.8 Å². The Morgan fingerprint density at radius 3 is 2.94 bits per heavy atom. The van der Waals surface area contributed by atoms with Crippen molar-refractivity contribution < 1.29 is 9.00 Å². The minimum atomic E-state index is -1.30. The number of hydrogen-bond donors (Lipinski definition) is 0. The molecule has 5 heteroatoms. The lowest BCUT2D eigenvalue weighted by Gasteiger charge is -2.16. The zero-order valence-electron chi connectivity index (χ0n) is 8.96. The van der Waals surface area contributed by atoms with Crippen molar-refractivity contribution >= 4 is 16.8 Å². The van der Waals surface area contributed by atoms with Crippen LogP contribution in [0.25, 0.3) is 0 Å². The summed E-state index contributed by atoms with van der Waals surface area (Å²) in [6, 6.07) is 5.32. The smallest absolute Gasteiger partial charge is 0.147 e. The summed E-state index contributed by atoms with van der Waals surface area (Å²) in [6.45, 7) is 0.984. The second-order valence-electron chi connectivity index (χ2n) is 3.78. The maximum Gasteiger partial charge on any atom is 0.147 e. The number of carbonyl (C=O) groups is 1. The highest BCUT2D eigenvalue weighted by Gasteiger charge is 2.21. The normalized spacial score (nSPS) is 20.4. The van der Waals surface area contributed by atoms with Crippen molar-refractivity contribution in [3.63, 3.8) is 0 Å². The lowest BCUT2D eigenvalue weighted by molar-refractivity contribution is -0.118. The Balaban J connectivity index is 2.12. The zero-order chi connectivity index (χ0) is 11.4. The molecule has 0 amide bonds. The van der Waals surface area contributed by atoms with Crippen LogP contribution in [0.2, 0.25) is 0 Å². The summed E-state index contributed by atoms with van der Waals surface area (Å²) in [5, 5.41) is 0.525. The van der Waals surface area contributed by atoms with Crippen molar-refractivity contribution in [2.75, 3.05) is 13.1 Å². The van der Waals surface area contributed by atoms with Crippen molar-refractivity contribution in [3.05, 3.63) is 24.4 Å². The number of aromatic nitrogens is 1. The summed E-state index contributed by atoms with van der Waals surface area (Å²) >= 11 is 0. The van der Waals surface area contributed by atoms with Crippen LogP contribution in [0.4, 0.5) is 0 Å². The van der Waals surface area contributed by atoms with Crippen LogP contribution in [0, 0.1) is 0 Å². The van der Waals surface area contributed by atoms with Crippen molar-refractivity contribution in [2.24, 2.45) is 0 Å². The second-order valence-corrected chi connectivity index (χ2v) is 5.21. The molecule has 1 aliphatic rings. The third kappa shape index (κ3) is 2.74. The molecule has 0 spiro atoms. The van der Waals surface area contributed by atoms with E-state index in [2.05, 4.69) is 4.98 Å². The first-order valence-electron chi connectivity index (χ1n) is 5.37. The van der Waals surface area contributed by atoms with Gasteiger partial charge in [0.05, 0.1) is 6.54 Å². The predicted molar refractivity (Wildman–Crippen MR) is 61.1 cm³/mol. The Morgan fingerprint density at radius 1 is 1.31 bits per heavy atom. The molecule has 16 heavy (non-hydrogen) atoms. The van der Waals surface area contributed by atoms with Crippen LogP contribution in [0.5, 0.6) is 0 Å². The number of ketones is 1. The number of nitrogens with zero attached hydrogens (tertiary/aromatic N) is 2. The first-order chi connectivity index (χ1) is 7.77. The van der Waals surface area contributed by atoms with Gasteiger partial charge < -0.3 is 0 Å². The minimum absolute atomic E-state index is 0.168. The van der Waals surface area contributed by atoms with Gasteiger partial charge in [-0.2, -0.15) is 0 Å². The monoisotopic (exact) mass is 238 g/mol. The number of rotatable bonds is 2. The minimum Gasteiger partial charge on any atom is -0.298 e. The summed E-state index contributed by atoms with van der Waals surface area (Å²) < 4.78 is 13.8. The SMILES string of the molecule is O=C1CCCCN(S(=O)c2ccccn2)C1. The van der Waals surface area contributed by atoms with E-state index >= 15 is 0 Å². The lowest BCUT2D eigenvalue weighted by atomic mass is 10.2. The summed E-state index contributed by atoms with van der Waals surface area (Å²) in [4.78, 5) is 15.5. The van der Waals surface area contributed by atoms with Crippen LogP contribution in [0.15, 0.2) is 29.4 Å². The van der Waals surface area contributed by atoms with Crippen LogP contribution < -0.4 is 0 Å². The molecule has 2 heterocycles. The molecule has 1 fully saturated rings. The van der Waals surface area contributed by atoms with Crippen molar-refractivity contribution in [1.29, 1.82) is 0 Å². The molecule has 0 radical (unpaired) electrons. The molecule has 0 bridgehead atoms. The summed E-state index contributed by atoms with van der Waals surface area (Å²) in [7, 11) is -1.30. The van der Waals surface area contributed by atoms with Gasteiger partial charge in [0.2, 0.25) is 0 Å². The van der Waals surface area contributed by atoms with Crippen molar-refractivity contribution in [3.8, 4) is 0 Å². The Labute approximate surface area is 97.3 Å². The molecule has 1 aromatic heterocycles. The molecule has 0 N–H and O–H groups in total. The van der Waals surface area contributed by atoms with Gasteiger partial charge in [-0.25, -0.2) is 13.5 Å². The number of hydrogen-bond acceptors (Lipinski definition) is 3. The molecule has 1 saturated heterocycles. The van der Waals surface area contributed by atoms with E-state index in [4.69, 9.17) is 0 Å². The second kappa shape index (κ2) is 5.32. The third-order valence-electron chi connectivity index (χ3n) is 2.52. The molecule has 86 valence electrons. The maximum absolute atomic E-state index is 12.1. The average Bonchev–Trinajstić information content (AvgIpc) is 2.54. The molecule has 0 saturated carbocycles. The molecule has 0 aromatic carbocycles. The van der Waals surface area contributed by atoms with Gasteiger partial charge in [-0.1, -0.05) is 6.07 Å². The number of Topliss-reactive ketones (excluding diaryl/α,β-unsaturated/α-hetero) is 1. The van der Waals surface area contributed by atoms with E-state index in [1.54, 1.807) is 28.7 Å². The lowest BCUT2D eigenvalue weighted by Crippen LogP contribution is -2.30. The fourth-order valence-corrected chi connectivity index (χ4v) is 2.86. The average molecular weight is 238 g/mol. The molecule has 1 aromatic rings. The number of carbonyl (C=O) groups excluding carboxylic acids is 1. The van der Waals surface area contributed by atoms with Gasteiger partial charge in [-0.15, -0.1) is 0 Å². The van der Waals surface area contributed by atoms with E-state index in [1.807, 2.05) is 0 Å². The highest BCUT2D eigenvalue weighted by Crippen LogP contribution is 2.13. The molecular formula is C11H14N2O2S. The molecule has 0 aliphatic carbocycles. The fourth-order valence-electron chi connectivity index (χ4n) is 1.69. The van der Waals surface area contributed by atoms with Crippen LogP contribution in [0.1, 0.15) is 19.3 Å². The highest BCUT2D eigenvalue weighted by molar-refractivity contribution is 7.82. The number of pyridine rings is 1. The summed E-state index contributed by atoms with van der Waals surface area (Å²) in [5.41, 5.74) is 0. The van der Waals surface area contributed by atoms with Gasteiger partial charge in [-0.05, 0) is 25.0 Å². The van der Waals surface area contributed by atoms with Gasteiger partial charge >= 0.3 is 0 Å². The molecule has 1 unspecified atom stereocenters. The van der Waals surface area contributed by atoms with Crippen LogP contribution >= 0.6 is 0 Å². The predicted octanol–water partition coefficient (Wildman–Crippen LogP) is 1.16. The Hall–Kier alpha value is -1.07. The fraction of sp³-hybridized carbons (Fsp3) is 0.455. The first kappa shape index (κ1) is 11.4. The standard InChI is InChI=1S/C11H14N2O2S/c14-10-5-2-4-8-13(9-10)16(15)11-6-1-3-7-12-11/h1,3,6-7H,2,4-5,8-9H2. The Morgan fingerprint density at radius 2 is 2.19 bits per heavy atom. The van der Waals surface area contributed by atoms with Gasteiger partial charge in [0.25, 0.3) is 0 Å². The van der Waals surface area contributed by atoms with Crippen LogP contribution in [-0.4, -0.2) is 32.4 Å². The summed E-state index contributed by atoms with van der Waals surface area (Å²) in [6.07, 6.45) is 4.04. The topological polar surface area (TPSA) is 50.3 Å². The first-order valence-corrected chi connectivity index (χ1v) is 6.47. The van der Waals surface area contributed by atoms with Crippen molar-refractivity contribution in [2.45, 2.75) is 24.3 Å². The Kier molecular flexibility index (Phi) is 3.79. The quantitative estimate of drug-likeness (QED) is 0.777. The maximum atomic E-state index is 12.1. The van der Waals surface area contributed by atoms with Gasteiger partial charge in [0.15, 0.2) is 0 Å². The molecule has 4 nitrogen and oxygen atoms in total. The molecular weight excluding hydrogens is 224 g/mol. The van der Waals surface area contributed by atoms with Crippen LogP contribution in [-0.2, 0) is 15.8 Å².